The Hall–Kier alpha value is -3.74. The summed E-state index contributed by atoms with van der Waals surface area (Å²) in [6, 6.07) is 12.3. The largest absolute Gasteiger partial charge is 0.456 e. The topological polar surface area (TPSA) is 94.3 Å². The molecule has 0 bridgehead atoms. The summed E-state index contributed by atoms with van der Waals surface area (Å²) in [5, 5.41) is 2.59. The molecule has 2 amide bonds. The highest BCUT2D eigenvalue weighted by molar-refractivity contribution is 6.05. The van der Waals surface area contributed by atoms with E-state index in [0.29, 0.717) is 17.1 Å². The number of rotatable bonds is 5. The van der Waals surface area contributed by atoms with Gasteiger partial charge in [0.2, 0.25) is 5.91 Å². The standard InChI is InChI=1S/C20H16FN3O3/c1-12-17(21)9-14(19(22)25)10-18(12)24-20(26)13-4-6-15(7-5-13)27-16-3-2-8-23-11-16/h2-11H,1H3,(H2,22,25)(H,24,26). The predicted molar refractivity (Wildman–Crippen MR) is 98.4 cm³/mol. The molecular formula is C20H16FN3O3. The van der Waals surface area contributed by atoms with Gasteiger partial charge in [-0.3, -0.25) is 14.6 Å². The first kappa shape index (κ1) is 18.1. The number of carbonyl (C=O) groups is 2. The van der Waals surface area contributed by atoms with Crippen molar-refractivity contribution >= 4 is 17.5 Å². The summed E-state index contributed by atoms with van der Waals surface area (Å²) in [4.78, 5) is 27.7. The van der Waals surface area contributed by atoms with E-state index in [0.717, 1.165) is 6.07 Å². The van der Waals surface area contributed by atoms with Crippen LogP contribution in [-0.2, 0) is 0 Å². The SMILES string of the molecule is Cc1c(F)cc(C(N)=O)cc1NC(=O)c1ccc(Oc2cccnc2)cc1. The maximum Gasteiger partial charge on any atom is 0.255 e. The molecular weight excluding hydrogens is 349 g/mol. The van der Waals surface area contributed by atoms with E-state index in [4.69, 9.17) is 10.5 Å². The fraction of sp³-hybridized carbons (Fsp3) is 0.0500. The molecule has 0 aliphatic carbocycles. The maximum absolute atomic E-state index is 13.9. The monoisotopic (exact) mass is 365 g/mol. The lowest BCUT2D eigenvalue weighted by atomic mass is 10.1. The van der Waals surface area contributed by atoms with Crippen molar-refractivity contribution in [3.63, 3.8) is 0 Å². The molecule has 3 rings (SSSR count). The van der Waals surface area contributed by atoms with E-state index >= 15 is 0 Å². The average Bonchev–Trinajstić information content (AvgIpc) is 2.66. The van der Waals surface area contributed by atoms with Crippen LogP contribution in [0.5, 0.6) is 11.5 Å². The average molecular weight is 365 g/mol. The van der Waals surface area contributed by atoms with E-state index in [2.05, 4.69) is 10.3 Å². The predicted octanol–water partition coefficient (Wildman–Crippen LogP) is 3.67. The van der Waals surface area contributed by atoms with Crippen molar-refractivity contribution in [1.29, 1.82) is 0 Å². The molecule has 0 aliphatic heterocycles. The van der Waals surface area contributed by atoms with Crippen molar-refractivity contribution in [2.45, 2.75) is 6.92 Å². The van der Waals surface area contributed by atoms with Crippen LogP contribution in [0.4, 0.5) is 10.1 Å². The molecule has 0 unspecified atom stereocenters. The van der Waals surface area contributed by atoms with Gasteiger partial charge in [-0.2, -0.15) is 0 Å². The zero-order valence-electron chi connectivity index (χ0n) is 14.4. The van der Waals surface area contributed by atoms with Crippen LogP contribution in [0.15, 0.2) is 60.9 Å². The van der Waals surface area contributed by atoms with Crippen molar-refractivity contribution in [2.24, 2.45) is 5.73 Å². The summed E-state index contributed by atoms with van der Waals surface area (Å²) in [5.74, 6) is -0.739. The van der Waals surface area contributed by atoms with E-state index in [-0.39, 0.29) is 16.8 Å². The van der Waals surface area contributed by atoms with E-state index < -0.39 is 17.6 Å². The number of nitrogens with zero attached hydrogens (tertiary/aromatic N) is 1. The molecule has 0 atom stereocenters. The fourth-order valence-electron chi connectivity index (χ4n) is 2.36. The lowest BCUT2D eigenvalue weighted by Crippen LogP contribution is -2.16. The summed E-state index contributed by atoms with van der Waals surface area (Å²) in [6.45, 7) is 1.50. The molecule has 27 heavy (non-hydrogen) atoms. The van der Waals surface area contributed by atoms with Gasteiger partial charge in [0, 0.05) is 28.6 Å². The molecule has 0 aliphatic rings. The lowest BCUT2D eigenvalue weighted by Gasteiger charge is -2.11. The number of nitrogens with two attached hydrogens (primary N) is 1. The van der Waals surface area contributed by atoms with Gasteiger partial charge in [0.15, 0.2) is 0 Å². The van der Waals surface area contributed by atoms with Crippen molar-refractivity contribution in [3.8, 4) is 11.5 Å². The summed E-state index contributed by atoms with van der Waals surface area (Å²) < 4.78 is 19.5. The number of aromatic nitrogens is 1. The Morgan fingerprint density at radius 2 is 1.81 bits per heavy atom. The van der Waals surface area contributed by atoms with Crippen molar-refractivity contribution < 1.29 is 18.7 Å². The minimum Gasteiger partial charge on any atom is -0.456 e. The Morgan fingerprint density at radius 1 is 1.07 bits per heavy atom. The van der Waals surface area contributed by atoms with Crippen LogP contribution in [0.1, 0.15) is 26.3 Å². The highest BCUT2D eigenvalue weighted by atomic mass is 19.1. The maximum atomic E-state index is 13.9. The number of ether oxygens (including phenoxy) is 1. The minimum absolute atomic E-state index is 0.0198. The van der Waals surface area contributed by atoms with E-state index in [1.165, 1.54) is 13.0 Å². The molecule has 0 fully saturated rings. The van der Waals surface area contributed by atoms with Gasteiger partial charge in [-0.15, -0.1) is 0 Å². The van der Waals surface area contributed by atoms with Gasteiger partial charge < -0.3 is 15.8 Å². The number of anilines is 1. The van der Waals surface area contributed by atoms with Crippen LogP contribution in [0.3, 0.4) is 0 Å². The first-order chi connectivity index (χ1) is 12.9. The molecule has 6 nitrogen and oxygen atoms in total. The normalized spacial score (nSPS) is 10.3. The second-order valence-electron chi connectivity index (χ2n) is 5.76. The molecule has 0 radical (unpaired) electrons. The third-order valence-corrected chi connectivity index (χ3v) is 3.86. The number of benzene rings is 2. The minimum atomic E-state index is -0.777. The van der Waals surface area contributed by atoms with E-state index in [9.17, 15) is 14.0 Å². The van der Waals surface area contributed by atoms with Gasteiger partial charge in [-0.1, -0.05) is 0 Å². The molecule has 0 saturated heterocycles. The van der Waals surface area contributed by atoms with Crippen molar-refractivity contribution in [1.82, 2.24) is 4.98 Å². The van der Waals surface area contributed by atoms with Crippen LogP contribution in [-0.4, -0.2) is 16.8 Å². The number of carbonyl (C=O) groups excluding carboxylic acids is 2. The number of amides is 2. The lowest BCUT2D eigenvalue weighted by molar-refractivity contribution is 0.0995. The molecule has 0 spiro atoms. The molecule has 0 saturated carbocycles. The Labute approximate surface area is 154 Å². The summed E-state index contributed by atoms with van der Waals surface area (Å²) >= 11 is 0. The number of primary amides is 1. The Morgan fingerprint density at radius 3 is 2.44 bits per heavy atom. The van der Waals surface area contributed by atoms with Gasteiger partial charge in [0.05, 0.1) is 6.20 Å². The Balaban J connectivity index is 1.76. The number of hydrogen-bond donors (Lipinski definition) is 2. The summed E-state index contributed by atoms with van der Waals surface area (Å²) in [6.07, 6.45) is 3.21. The van der Waals surface area contributed by atoms with Gasteiger partial charge in [0.25, 0.3) is 5.91 Å². The molecule has 136 valence electrons. The first-order valence-electron chi connectivity index (χ1n) is 8.03. The van der Waals surface area contributed by atoms with Crippen LogP contribution in [0, 0.1) is 12.7 Å². The van der Waals surface area contributed by atoms with E-state index in [1.807, 2.05) is 0 Å². The highest BCUT2D eigenvalue weighted by Crippen LogP contribution is 2.23. The van der Waals surface area contributed by atoms with Crippen LogP contribution in [0.25, 0.3) is 0 Å². The Kier molecular flexibility index (Phi) is 5.12. The Bertz CT molecular complexity index is 989. The molecule has 3 N–H and O–H groups in total. The third kappa shape index (κ3) is 4.27. The molecule has 7 heteroatoms. The quantitative estimate of drug-likeness (QED) is 0.721. The number of halogens is 1. The first-order valence-corrected chi connectivity index (χ1v) is 8.03. The van der Waals surface area contributed by atoms with Gasteiger partial charge in [-0.05, 0) is 55.5 Å². The van der Waals surface area contributed by atoms with Crippen molar-refractivity contribution in [3.05, 3.63) is 83.4 Å². The van der Waals surface area contributed by atoms with Gasteiger partial charge in [-0.25, -0.2) is 4.39 Å². The summed E-state index contributed by atoms with van der Waals surface area (Å²) in [5.41, 5.74) is 5.91. The van der Waals surface area contributed by atoms with Crippen molar-refractivity contribution in [2.75, 3.05) is 5.32 Å². The molecule has 1 aromatic heterocycles. The number of hydrogen-bond acceptors (Lipinski definition) is 4. The third-order valence-electron chi connectivity index (χ3n) is 3.86. The molecule has 2 aromatic carbocycles. The van der Waals surface area contributed by atoms with Crippen LogP contribution >= 0.6 is 0 Å². The highest BCUT2D eigenvalue weighted by Gasteiger charge is 2.14. The van der Waals surface area contributed by atoms with Gasteiger partial charge >= 0.3 is 0 Å². The number of nitrogens with one attached hydrogen (secondary N) is 1. The second-order valence-corrected chi connectivity index (χ2v) is 5.76. The van der Waals surface area contributed by atoms with Gasteiger partial charge in [0.1, 0.15) is 17.3 Å². The number of pyridine rings is 1. The van der Waals surface area contributed by atoms with Crippen LogP contribution in [0.2, 0.25) is 0 Å². The fourth-order valence-corrected chi connectivity index (χ4v) is 2.36. The molecule has 1 heterocycles. The smallest absolute Gasteiger partial charge is 0.255 e. The second kappa shape index (κ2) is 7.65. The summed E-state index contributed by atoms with van der Waals surface area (Å²) in [7, 11) is 0. The molecule has 3 aromatic rings. The van der Waals surface area contributed by atoms with Crippen LogP contribution < -0.4 is 15.8 Å². The zero-order valence-corrected chi connectivity index (χ0v) is 14.4. The zero-order chi connectivity index (χ0) is 19.4. The van der Waals surface area contributed by atoms with E-state index in [1.54, 1.807) is 48.8 Å².